The molecule has 122 valence electrons. The fourth-order valence-corrected chi connectivity index (χ4v) is 3.50. The van der Waals surface area contributed by atoms with Gasteiger partial charge in [-0.05, 0) is 36.6 Å². The summed E-state index contributed by atoms with van der Waals surface area (Å²) in [7, 11) is 1.92. The summed E-state index contributed by atoms with van der Waals surface area (Å²) in [6.07, 6.45) is 6.55. The second kappa shape index (κ2) is 7.14. The first kappa shape index (κ1) is 16.0. The van der Waals surface area contributed by atoms with Gasteiger partial charge in [0.2, 0.25) is 5.91 Å². The van der Waals surface area contributed by atoms with Crippen molar-refractivity contribution in [3.8, 4) is 0 Å². The first-order chi connectivity index (χ1) is 11.1. The van der Waals surface area contributed by atoms with Crippen molar-refractivity contribution in [1.82, 2.24) is 25.2 Å². The number of imidazole rings is 1. The minimum absolute atomic E-state index is 0.0175. The fraction of sp³-hybridized carbons (Fsp3) is 0.438. The number of hydrogen-bond acceptors (Lipinski definition) is 5. The Morgan fingerprint density at radius 2 is 2.35 bits per heavy atom. The maximum absolute atomic E-state index is 12.1. The Hall–Kier alpha value is -1.86. The third-order valence-corrected chi connectivity index (χ3v) is 5.10. The molecule has 0 bridgehead atoms. The molecule has 23 heavy (non-hydrogen) atoms. The van der Waals surface area contributed by atoms with Crippen LogP contribution in [-0.2, 0) is 31.4 Å². The van der Waals surface area contributed by atoms with Crippen LogP contribution >= 0.6 is 11.8 Å². The number of nitrogens with one attached hydrogen (secondary N) is 2. The zero-order valence-electron chi connectivity index (χ0n) is 13.4. The first-order valence-electron chi connectivity index (χ1n) is 7.69. The molecule has 0 saturated carbocycles. The summed E-state index contributed by atoms with van der Waals surface area (Å²) < 4.78 is 1.91. The maximum Gasteiger partial charge on any atom is 0.230 e. The van der Waals surface area contributed by atoms with E-state index >= 15 is 0 Å². The van der Waals surface area contributed by atoms with Crippen molar-refractivity contribution in [2.75, 3.05) is 12.3 Å². The van der Waals surface area contributed by atoms with Crippen LogP contribution in [0.15, 0.2) is 23.7 Å². The van der Waals surface area contributed by atoms with E-state index in [1.165, 1.54) is 28.5 Å². The molecule has 0 aromatic carbocycles. The Kier molecular flexibility index (Phi) is 4.97. The number of rotatable bonds is 5. The molecule has 7 heteroatoms. The van der Waals surface area contributed by atoms with Gasteiger partial charge in [0, 0.05) is 44.4 Å². The Balaban J connectivity index is 1.60. The van der Waals surface area contributed by atoms with Crippen molar-refractivity contribution in [1.29, 1.82) is 0 Å². The minimum Gasteiger partial charge on any atom is -0.351 e. The van der Waals surface area contributed by atoms with Gasteiger partial charge in [-0.3, -0.25) is 9.78 Å². The standard InChI is InChI=1S/C16H21N5OS/c1-11-14(13-3-4-17-7-12(13)8-19-11)9-20-15(22)10-23-16-18-5-6-21(16)2/h5-6,8,17H,3-4,7,9-10H2,1-2H3,(H,20,22). The normalized spacial score (nSPS) is 13.7. The third kappa shape index (κ3) is 3.73. The van der Waals surface area contributed by atoms with Gasteiger partial charge in [-0.1, -0.05) is 11.8 Å². The molecule has 0 atom stereocenters. The topological polar surface area (TPSA) is 71.8 Å². The molecule has 0 unspecified atom stereocenters. The van der Waals surface area contributed by atoms with E-state index in [1.807, 2.05) is 30.9 Å². The molecule has 0 fully saturated rings. The lowest BCUT2D eigenvalue weighted by Crippen LogP contribution is -2.29. The van der Waals surface area contributed by atoms with Crippen LogP contribution in [-0.4, -0.2) is 32.7 Å². The van der Waals surface area contributed by atoms with E-state index in [2.05, 4.69) is 20.6 Å². The largest absolute Gasteiger partial charge is 0.351 e. The van der Waals surface area contributed by atoms with Crippen molar-refractivity contribution in [2.45, 2.75) is 31.6 Å². The number of carbonyl (C=O) groups excluding carboxylic acids is 1. The molecule has 1 aliphatic heterocycles. The fourth-order valence-electron chi connectivity index (χ4n) is 2.74. The second-order valence-electron chi connectivity index (χ2n) is 5.64. The number of thioether (sulfide) groups is 1. The molecule has 0 aliphatic carbocycles. The lowest BCUT2D eigenvalue weighted by molar-refractivity contribution is -0.118. The van der Waals surface area contributed by atoms with Gasteiger partial charge in [0.25, 0.3) is 0 Å². The summed E-state index contributed by atoms with van der Waals surface area (Å²) >= 11 is 1.44. The summed E-state index contributed by atoms with van der Waals surface area (Å²) in [4.78, 5) is 20.8. The van der Waals surface area contributed by atoms with Crippen molar-refractivity contribution in [3.63, 3.8) is 0 Å². The lowest BCUT2D eigenvalue weighted by atomic mass is 9.96. The van der Waals surface area contributed by atoms with Gasteiger partial charge in [-0.2, -0.15) is 0 Å². The first-order valence-corrected chi connectivity index (χ1v) is 8.67. The number of carbonyl (C=O) groups is 1. The van der Waals surface area contributed by atoms with Crippen LogP contribution in [0, 0.1) is 6.92 Å². The highest BCUT2D eigenvalue weighted by Crippen LogP contribution is 2.20. The molecule has 0 radical (unpaired) electrons. The van der Waals surface area contributed by atoms with Crippen molar-refractivity contribution in [3.05, 3.63) is 41.0 Å². The Morgan fingerprint density at radius 3 is 3.13 bits per heavy atom. The molecule has 6 nitrogen and oxygen atoms in total. The van der Waals surface area contributed by atoms with E-state index in [-0.39, 0.29) is 5.91 Å². The highest BCUT2D eigenvalue weighted by Gasteiger charge is 2.16. The van der Waals surface area contributed by atoms with Gasteiger partial charge >= 0.3 is 0 Å². The number of hydrogen-bond donors (Lipinski definition) is 2. The van der Waals surface area contributed by atoms with Gasteiger partial charge in [0.15, 0.2) is 5.16 Å². The minimum atomic E-state index is 0.0175. The average Bonchev–Trinajstić information content (AvgIpc) is 2.97. The number of aryl methyl sites for hydroxylation is 2. The molecular weight excluding hydrogens is 310 g/mol. The molecule has 1 amide bonds. The molecule has 2 N–H and O–H groups in total. The van der Waals surface area contributed by atoms with Crippen molar-refractivity contribution < 1.29 is 4.79 Å². The Morgan fingerprint density at radius 1 is 1.48 bits per heavy atom. The SMILES string of the molecule is Cc1ncc2c(c1CNC(=O)CSc1nccn1C)CCNC2. The third-order valence-electron chi connectivity index (χ3n) is 4.04. The molecule has 3 rings (SSSR count). The highest BCUT2D eigenvalue weighted by atomic mass is 32.2. The number of pyridine rings is 1. The van der Waals surface area contributed by atoms with Crippen molar-refractivity contribution >= 4 is 17.7 Å². The van der Waals surface area contributed by atoms with E-state index in [4.69, 9.17) is 0 Å². The maximum atomic E-state index is 12.1. The van der Waals surface area contributed by atoms with Gasteiger partial charge in [0.1, 0.15) is 0 Å². The molecule has 1 aliphatic rings. The zero-order valence-corrected chi connectivity index (χ0v) is 14.2. The van der Waals surface area contributed by atoms with E-state index in [0.717, 1.165) is 30.4 Å². The van der Waals surface area contributed by atoms with Crippen LogP contribution in [0.2, 0.25) is 0 Å². The molecule has 0 spiro atoms. The summed E-state index contributed by atoms with van der Waals surface area (Å²) in [5, 5.41) is 7.22. The summed E-state index contributed by atoms with van der Waals surface area (Å²) in [5.41, 5.74) is 4.75. The number of nitrogens with zero attached hydrogens (tertiary/aromatic N) is 3. The van der Waals surface area contributed by atoms with Crippen molar-refractivity contribution in [2.24, 2.45) is 7.05 Å². The smallest absolute Gasteiger partial charge is 0.230 e. The zero-order chi connectivity index (χ0) is 16.2. The van der Waals surface area contributed by atoms with Gasteiger partial charge in [-0.15, -0.1) is 0 Å². The van der Waals surface area contributed by atoms with Gasteiger partial charge < -0.3 is 15.2 Å². The van der Waals surface area contributed by atoms with Gasteiger partial charge in [0.05, 0.1) is 5.75 Å². The lowest BCUT2D eigenvalue weighted by Gasteiger charge is -2.21. The number of amides is 1. The summed E-state index contributed by atoms with van der Waals surface area (Å²) in [6.45, 7) is 4.39. The number of fused-ring (bicyclic) bond motifs is 1. The monoisotopic (exact) mass is 331 g/mol. The van der Waals surface area contributed by atoms with Crippen LogP contribution in [0.1, 0.15) is 22.4 Å². The van der Waals surface area contributed by atoms with Crippen LogP contribution < -0.4 is 10.6 Å². The van der Waals surface area contributed by atoms with Crippen LogP contribution in [0.25, 0.3) is 0 Å². The highest BCUT2D eigenvalue weighted by molar-refractivity contribution is 7.99. The van der Waals surface area contributed by atoms with Crippen LogP contribution in [0.4, 0.5) is 0 Å². The molecule has 2 aromatic rings. The van der Waals surface area contributed by atoms with Gasteiger partial charge in [-0.25, -0.2) is 4.98 Å². The Bertz CT molecular complexity index is 712. The predicted octanol–water partition coefficient (Wildman–Crippen LogP) is 1.18. The summed E-state index contributed by atoms with van der Waals surface area (Å²) in [6, 6.07) is 0. The predicted molar refractivity (Wildman–Crippen MR) is 90.2 cm³/mol. The van der Waals surface area contributed by atoms with E-state index in [9.17, 15) is 4.79 Å². The average molecular weight is 331 g/mol. The van der Waals surface area contributed by atoms with E-state index < -0.39 is 0 Å². The quantitative estimate of drug-likeness (QED) is 0.805. The van der Waals surface area contributed by atoms with Crippen LogP contribution in [0.3, 0.4) is 0 Å². The Labute approximate surface area is 140 Å². The summed E-state index contributed by atoms with van der Waals surface area (Å²) in [5.74, 6) is 0.386. The molecular formula is C16H21N5OS. The second-order valence-corrected chi connectivity index (χ2v) is 6.58. The molecule has 3 heterocycles. The van der Waals surface area contributed by atoms with E-state index in [0.29, 0.717) is 12.3 Å². The number of aromatic nitrogens is 3. The van der Waals surface area contributed by atoms with E-state index in [1.54, 1.807) is 6.20 Å². The molecule has 2 aromatic heterocycles. The molecule has 0 saturated heterocycles. The van der Waals surface area contributed by atoms with Crippen LogP contribution in [0.5, 0.6) is 0 Å².